The number of hydrogen-bond acceptors (Lipinski definition) is 8. The molecule has 0 unspecified atom stereocenters. The highest BCUT2D eigenvalue weighted by Gasteiger charge is 2.25. The van der Waals surface area contributed by atoms with E-state index in [1.807, 2.05) is 6.92 Å². The highest BCUT2D eigenvalue weighted by molar-refractivity contribution is 5.25. The Labute approximate surface area is 112 Å². The lowest BCUT2D eigenvalue weighted by Gasteiger charge is -2.15. The van der Waals surface area contributed by atoms with Gasteiger partial charge in [0.05, 0.1) is 6.61 Å². The Balaban J connectivity index is 1.88. The first kappa shape index (κ1) is 13.8. The molecular formula is C11H20N6O2. The van der Waals surface area contributed by atoms with Crippen molar-refractivity contribution in [1.29, 1.82) is 0 Å². The van der Waals surface area contributed by atoms with Crippen LogP contribution in [0.3, 0.4) is 0 Å². The van der Waals surface area contributed by atoms with Crippen LogP contribution >= 0.6 is 0 Å². The van der Waals surface area contributed by atoms with Crippen molar-refractivity contribution in [1.82, 2.24) is 19.9 Å². The first-order chi connectivity index (χ1) is 9.22. The minimum absolute atomic E-state index is 0.205. The molecule has 0 radical (unpaired) electrons. The molecule has 2 rings (SSSR count). The van der Waals surface area contributed by atoms with Gasteiger partial charge in [0.15, 0.2) is 0 Å². The molecule has 19 heavy (non-hydrogen) atoms. The van der Waals surface area contributed by atoms with Gasteiger partial charge in [0.2, 0.25) is 5.95 Å². The zero-order valence-corrected chi connectivity index (χ0v) is 11.3. The number of nitrogens with one attached hydrogen (secondary N) is 1. The summed E-state index contributed by atoms with van der Waals surface area (Å²) in [6, 6.07) is 1.13. The van der Waals surface area contributed by atoms with E-state index >= 15 is 0 Å². The number of anilines is 1. The molecule has 0 amide bonds. The molecule has 0 atom stereocenters. The van der Waals surface area contributed by atoms with E-state index in [2.05, 4.69) is 32.3 Å². The average molecular weight is 268 g/mol. The molecule has 1 saturated carbocycles. The zero-order valence-electron chi connectivity index (χ0n) is 11.3. The second kappa shape index (κ2) is 6.48. The van der Waals surface area contributed by atoms with Crippen molar-refractivity contribution >= 4 is 5.95 Å². The Hall–Kier alpha value is -1.67. The van der Waals surface area contributed by atoms with Gasteiger partial charge in [-0.05, 0) is 26.8 Å². The lowest BCUT2D eigenvalue weighted by Crippen LogP contribution is -2.26. The van der Waals surface area contributed by atoms with E-state index in [1.54, 1.807) is 0 Å². The van der Waals surface area contributed by atoms with Crippen LogP contribution in [0.1, 0.15) is 19.8 Å². The summed E-state index contributed by atoms with van der Waals surface area (Å²) in [7, 11) is 2.09. The Bertz CT molecular complexity index is 412. The lowest BCUT2D eigenvalue weighted by atomic mass is 10.5. The summed E-state index contributed by atoms with van der Waals surface area (Å²) in [5, 5.41) is 0. The summed E-state index contributed by atoms with van der Waals surface area (Å²) in [4.78, 5) is 14.3. The summed E-state index contributed by atoms with van der Waals surface area (Å²) in [5.41, 5.74) is 2.36. The zero-order chi connectivity index (χ0) is 13.7. The van der Waals surface area contributed by atoms with Crippen LogP contribution in [-0.4, -0.2) is 52.7 Å². The number of hydrogen-bond donors (Lipinski definition) is 2. The highest BCUT2D eigenvalue weighted by Crippen LogP contribution is 2.24. The summed E-state index contributed by atoms with van der Waals surface area (Å²) >= 11 is 0. The maximum absolute atomic E-state index is 5.50. The molecule has 1 aliphatic rings. The van der Waals surface area contributed by atoms with Crippen LogP contribution in [-0.2, 0) is 0 Å². The van der Waals surface area contributed by atoms with Gasteiger partial charge in [-0.15, -0.1) is 4.98 Å². The maximum Gasteiger partial charge on any atom is 0.324 e. The second-order valence-corrected chi connectivity index (χ2v) is 4.36. The van der Waals surface area contributed by atoms with Gasteiger partial charge in [0.1, 0.15) is 6.61 Å². The van der Waals surface area contributed by atoms with Crippen LogP contribution in [0, 0.1) is 0 Å². The van der Waals surface area contributed by atoms with Crippen molar-refractivity contribution in [2.45, 2.75) is 25.8 Å². The monoisotopic (exact) mass is 268 g/mol. The van der Waals surface area contributed by atoms with Crippen LogP contribution in [0.5, 0.6) is 12.0 Å². The van der Waals surface area contributed by atoms with Gasteiger partial charge in [0.25, 0.3) is 0 Å². The minimum atomic E-state index is 0.205. The van der Waals surface area contributed by atoms with Crippen molar-refractivity contribution in [3.05, 3.63) is 0 Å². The molecule has 0 aromatic carbocycles. The lowest BCUT2D eigenvalue weighted by molar-refractivity contribution is 0.215. The molecule has 1 aromatic heterocycles. The molecule has 0 saturated heterocycles. The molecule has 0 aliphatic heterocycles. The Morgan fingerprint density at radius 1 is 1.26 bits per heavy atom. The minimum Gasteiger partial charge on any atom is -0.464 e. The summed E-state index contributed by atoms with van der Waals surface area (Å²) in [5.74, 6) is 5.51. The fraction of sp³-hybridized carbons (Fsp3) is 0.727. The smallest absolute Gasteiger partial charge is 0.324 e. The number of rotatable bonds is 8. The van der Waals surface area contributed by atoms with Crippen molar-refractivity contribution in [2.24, 2.45) is 5.84 Å². The summed E-state index contributed by atoms with van der Waals surface area (Å²) in [6.45, 7) is 3.68. The third-order valence-electron chi connectivity index (χ3n) is 2.84. The number of hydrazine groups is 1. The number of nitrogens with zero attached hydrogens (tertiary/aromatic N) is 4. The SMILES string of the molecule is CCOc1nc(NN)nc(OCCN(C)C2CC2)n1. The quantitative estimate of drug-likeness (QED) is 0.503. The van der Waals surface area contributed by atoms with Gasteiger partial charge in [-0.1, -0.05) is 0 Å². The van der Waals surface area contributed by atoms with E-state index < -0.39 is 0 Å². The van der Waals surface area contributed by atoms with Gasteiger partial charge in [-0.3, -0.25) is 5.43 Å². The van der Waals surface area contributed by atoms with Crippen LogP contribution in [0.2, 0.25) is 0 Å². The van der Waals surface area contributed by atoms with Gasteiger partial charge < -0.3 is 14.4 Å². The molecule has 1 aliphatic carbocycles. The van der Waals surface area contributed by atoms with Crippen molar-refractivity contribution < 1.29 is 9.47 Å². The number of ether oxygens (including phenoxy) is 2. The van der Waals surface area contributed by atoms with Gasteiger partial charge in [-0.25, -0.2) is 5.84 Å². The molecule has 1 heterocycles. The van der Waals surface area contributed by atoms with E-state index in [-0.39, 0.29) is 18.0 Å². The molecule has 3 N–H and O–H groups in total. The van der Waals surface area contributed by atoms with Crippen LogP contribution in [0.4, 0.5) is 5.95 Å². The Morgan fingerprint density at radius 3 is 2.53 bits per heavy atom. The largest absolute Gasteiger partial charge is 0.464 e. The van der Waals surface area contributed by atoms with E-state index in [9.17, 15) is 0 Å². The number of nitrogen functional groups attached to an aromatic ring is 1. The maximum atomic E-state index is 5.50. The average Bonchev–Trinajstić information content (AvgIpc) is 3.23. The molecule has 8 nitrogen and oxygen atoms in total. The van der Waals surface area contributed by atoms with Gasteiger partial charge in [0, 0.05) is 12.6 Å². The second-order valence-electron chi connectivity index (χ2n) is 4.36. The molecule has 0 bridgehead atoms. The van der Waals surface area contributed by atoms with E-state index in [0.717, 1.165) is 6.54 Å². The first-order valence-electron chi connectivity index (χ1n) is 6.41. The standard InChI is InChI=1S/C11H20N6O2/c1-3-18-10-13-9(16-12)14-11(15-10)19-7-6-17(2)8-4-5-8/h8H,3-7,12H2,1-2H3,(H,13,14,15,16). The molecular weight excluding hydrogens is 248 g/mol. The van der Waals surface area contributed by atoms with Crippen molar-refractivity contribution in [3.63, 3.8) is 0 Å². The summed E-state index contributed by atoms with van der Waals surface area (Å²) in [6.07, 6.45) is 2.55. The fourth-order valence-electron chi connectivity index (χ4n) is 1.64. The Morgan fingerprint density at radius 2 is 1.95 bits per heavy atom. The fourth-order valence-corrected chi connectivity index (χ4v) is 1.64. The predicted octanol–water partition coefficient (Wildman–Crippen LogP) is 0.0289. The normalized spacial score (nSPS) is 14.5. The third-order valence-corrected chi connectivity index (χ3v) is 2.84. The van der Waals surface area contributed by atoms with E-state index in [0.29, 0.717) is 19.3 Å². The molecule has 1 aromatic rings. The molecule has 0 spiro atoms. The van der Waals surface area contributed by atoms with E-state index in [1.165, 1.54) is 12.8 Å². The number of likely N-dealkylation sites (N-methyl/N-ethyl adjacent to an activating group) is 1. The van der Waals surface area contributed by atoms with Crippen molar-refractivity contribution in [3.8, 4) is 12.0 Å². The van der Waals surface area contributed by atoms with Crippen LogP contribution < -0.4 is 20.7 Å². The topological polar surface area (TPSA) is 98.4 Å². The predicted molar refractivity (Wildman–Crippen MR) is 70.0 cm³/mol. The molecule has 8 heteroatoms. The number of aromatic nitrogens is 3. The first-order valence-corrected chi connectivity index (χ1v) is 6.41. The number of nitrogens with two attached hydrogens (primary N) is 1. The molecule has 1 fully saturated rings. The van der Waals surface area contributed by atoms with Crippen LogP contribution in [0.25, 0.3) is 0 Å². The van der Waals surface area contributed by atoms with Crippen molar-refractivity contribution in [2.75, 3.05) is 32.2 Å². The third kappa shape index (κ3) is 4.18. The van der Waals surface area contributed by atoms with Gasteiger partial charge in [-0.2, -0.15) is 9.97 Å². The van der Waals surface area contributed by atoms with Gasteiger partial charge >= 0.3 is 12.0 Å². The Kier molecular flexibility index (Phi) is 4.69. The van der Waals surface area contributed by atoms with Crippen LogP contribution in [0.15, 0.2) is 0 Å². The molecule has 106 valence electrons. The van der Waals surface area contributed by atoms with E-state index in [4.69, 9.17) is 15.3 Å². The summed E-state index contributed by atoms with van der Waals surface area (Å²) < 4.78 is 10.7. The highest BCUT2D eigenvalue weighted by atomic mass is 16.5.